The molecule has 3 rings (SSSR count). The molecule has 0 aliphatic rings. The second-order valence-electron chi connectivity index (χ2n) is 5.53. The monoisotopic (exact) mass is 391 g/mol. The molecule has 9 heteroatoms. The number of thioether (sulfide) groups is 1. The van der Waals surface area contributed by atoms with Crippen molar-refractivity contribution in [3.63, 3.8) is 0 Å². The van der Waals surface area contributed by atoms with E-state index in [4.69, 9.17) is 5.73 Å². The van der Waals surface area contributed by atoms with Gasteiger partial charge in [-0.3, -0.25) is 4.79 Å². The number of nitrogens with zero attached hydrogens (tertiary/aromatic N) is 3. The van der Waals surface area contributed by atoms with Crippen molar-refractivity contribution in [3.05, 3.63) is 34.2 Å². The summed E-state index contributed by atoms with van der Waals surface area (Å²) in [6, 6.07) is 4.30. The summed E-state index contributed by atoms with van der Waals surface area (Å²) in [5.74, 6) is 0.114. The van der Waals surface area contributed by atoms with E-state index >= 15 is 0 Å². The first-order valence-corrected chi connectivity index (χ1v) is 10.2. The molecule has 0 unspecified atom stereocenters. The van der Waals surface area contributed by atoms with Crippen molar-refractivity contribution < 1.29 is 4.79 Å². The molecule has 3 aromatic rings. The van der Waals surface area contributed by atoms with E-state index in [0.717, 1.165) is 11.3 Å². The van der Waals surface area contributed by atoms with Crippen molar-refractivity contribution in [2.75, 3.05) is 16.8 Å². The van der Waals surface area contributed by atoms with Crippen LogP contribution in [0.4, 0.5) is 10.3 Å². The van der Waals surface area contributed by atoms with Crippen LogP contribution in [0.25, 0.3) is 11.3 Å². The van der Waals surface area contributed by atoms with E-state index in [9.17, 15) is 4.79 Å². The minimum Gasteiger partial charge on any atom is -0.374 e. The largest absolute Gasteiger partial charge is 0.374 e. The van der Waals surface area contributed by atoms with Gasteiger partial charge in [-0.15, -0.1) is 21.5 Å². The molecule has 0 saturated carbocycles. The number of amides is 1. The second-order valence-corrected chi connectivity index (χ2v) is 8.62. The summed E-state index contributed by atoms with van der Waals surface area (Å²) in [5, 5.41) is 13.4. The second kappa shape index (κ2) is 7.51. The molecule has 1 amide bonds. The number of nitrogens with two attached hydrogens (primary N) is 1. The first-order chi connectivity index (χ1) is 11.9. The number of aryl methyl sites for hydroxylation is 3. The maximum Gasteiger partial charge on any atom is 0.236 e. The summed E-state index contributed by atoms with van der Waals surface area (Å²) >= 11 is 3.99. The Morgan fingerprint density at radius 2 is 1.96 bits per heavy atom. The molecule has 6 nitrogen and oxygen atoms in total. The number of nitrogens with one attached hydrogen (secondary N) is 1. The first-order valence-electron chi connectivity index (χ1n) is 7.48. The van der Waals surface area contributed by atoms with Gasteiger partial charge in [0.25, 0.3) is 0 Å². The van der Waals surface area contributed by atoms with Crippen LogP contribution in [0.2, 0.25) is 0 Å². The first kappa shape index (κ1) is 17.8. The Kier molecular flexibility index (Phi) is 5.36. The molecule has 0 aliphatic carbocycles. The zero-order valence-electron chi connectivity index (χ0n) is 14.0. The molecule has 2 aromatic heterocycles. The molecule has 0 atom stereocenters. The van der Waals surface area contributed by atoms with Crippen molar-refractivity contribution in [1.29, 1.82) is 0 Å². The Bertz CT molecular complexity index is 918. The van der Waals surface area contributed by atoms with E-state index in [1.165, 1.54) is 51.1 Å². The summed E-state index contributed by atoms with van der Waals surface area (Å²) in [5.41, 5.74) is 11.2. The Balaban J connectivity index is 1.65. The summed E-state index contributed by atoms with van der Waals surface area (Å²) in [6.07, 6.45) is 0. The lowest BCUT2D eigenvalue weighted by Crippen LogP contribution is -2.13. The number of benzene rings is 1. The van der Waals surface area contributed by atoms with E-state index in [-0.39, 0.29) is 11.7 Å². The topological polar surface area (TPSA) is 93.8 Å². The predicted molar refractivity (Wildman–Crippen MR) is 105 cm³/mol. The lowest BCUT2D eigenvalue weighted by Gasteiger charge is -2.07. The Morgan fingerprint density at radius 3 is 2.68 bits per heavy atom. The van der Waals surface area contributed by atoms with Gasteiger partial charge in [-0.05, 0) is 43.5 Å². The fourth-order valence-corrected chi connectivity index (χ4v) is 4.42. The van der Waals surface area contributed by atoms with Crippen LogP contribution in [0.15, 0.2) is 21.9 Å². The summed E-state index contributed by atoms with van der Waals surface area (Å²) in [7, 11) is 0. The van der Waals surface area contributed by atoms with Crippen LogP contribution in [0.5, 0.6) is 0 Å². The minimum absolute atomic E-state index is 0.128. The molecule has 0 spiro atoms. The third-order valence-corrected chi connectivity index (χ3v) is 6.26. The van der Waals surface area contributed by atoms with Crippen molar-refractivity contribution in [2.24, 2.45) is 0 Å². The maximum atomic E-state index is 12.1. The summed E-state index contributed by atoms with van der Waals surface area (Å²) in [6.45, 7) is 6.26. The van der Waals surface area contributed by atoms with Gasteiger partial charge in [-0.2, -0.15) is 0 Å². The van der Waals surface area contributed by atoms with Gasteiger partial charge in [0.15, 0.2) is 9.47 Å². The van der Waals surface area contributed by atoms with Crippen molar-refractivity contribution in [3.8, 4) is 11.3 Å². The zero-order chi connectivity index (χ0) is 18.0. The normalized spacial score (nSPS) is 10.8. The number of carbonyl (C=O) groups is 1. The van der Waals surface area contributed by atoms with Gasteiger partial charge < -0.3 is 11.1 Å². The average Bonchev–Trinajstić information content (AvgIpc) is 3.18. The van der Waals surface area contributed by atoms with Crippen molar-refractivity contribution >= 4 is 50.6 Å². The van der Waals surface area contributed by atoms with Crippen LogP contribution in [0.3, 0.4) is 0 Å². The van der Waals surface area contributed by atoms with Crippen LogP contribution < -0.4 is 11.1 Å². The van der Waals surface area contributed by atoms with E-state index < -0.39 is 0 Å². The third-order valence-electron chi connectivity index (χ3n) is 3.62. The van der Waals surface area contributed by atoms with Gasteiger partial charge in [0.1, 0.15) is 0 Å². The molecule has 1 aromatic carbocycles. The number of aromatic nitrogens is 3. The number of carbonyl (C=O) groups excluding carboxylic acids is 1. The summed E-state index contributed by atoms with van der Waals surface area (Å²) < 4.78 is 0.679. The van der Waals surface area contributed by atoms with Crippen LogP contribution >= 0.6 is 34.4 Å². The Hall–Kier alpha value is -1.97. The fourth-order valence-electron chi connectivity index (χ4n) is 2.25. The number of hydrogen-bond acceptors (Lipinski definition) is 8. The Morgan fingerprint density at radius 1 is 1.20 bits per heavy atom. The molecule has 0 bridgehead atoms. The molecular formula is C16H17N5OS3. The smallest absolute Gasteiger partial charge is 0.236 e. The van der Waals surface area contributed by atoms with Gasteiger partial charge in [-0.25, -0.2) is 4.98 Å². The number of nitrogen functional groups attached to an aromatic ring is 1. The molecule has 25 heavy (non-hydrogen) atoms. The number of rotatable bonds is 5. The average molecular weight is 392 g/mol. The van der Waals surface area contributed by atoms with Crippen molar-refractivity contribution in [1.82, 2.24) is 15.2 Å². The molecule has 2 heterocycles. The molecule has 0 aliphatic heterocycles. The molecular weight excluding hydrogens is 374 g/mol. The number of hydrogen-bond donors (Lipinski definition) is 2. The maximum absolute atomic E-state index is 12.1. The predicted octanol–water partition coefficient (Wildman–Crippen LogP) is 3.90. The highest BCUT2D eigenvalue weighted by molar-refractivity contribution is 8.01. The van der Waals surface area contributed by atoms with Crippen molar-refractivity contribution in [2.45, 2.75) is 25.1 Å². The lowest BCUT2D eigenvalue weighted by atomic mass is 9.99. The highest BCUT2D eigenvalue weighted by Gasteiger charge is 2.12. The van der Waals surface area contributed by atoms with Gasteiger partial charge in [0.05, 0.1) is 11.4 Å². The van der Waals surface area contributed by atoms with Crippen LogP contribution in [0, 0.1) is 20.8 Å². The van der Waals surface area contributed by atoms with E-state index in [2.05, 4.69) is 53.4 Å². The summed E-state index contributed by atoms with van der Waals surface area (Å²) in [4.78, 5) is 16.6. The molecule has 0 saturated heterocycles. The van der Waals surface area contributed by atoms with Gasteiger partial charge in [0.2, 0.25) is 11.0 Å². The van der Waals surface area contributed by atoms with E-state index in [1.54, 1.807) is 0 Å². The number of anilines is 2. The minimum atomic E-state index is -0.128. The van der Waals surface area contributed by atoms with Crippen LogP contribution in [-0.4, -0.2) is 26.8 Å². The van der Waals surface area contributed by atoms with E-state index in [1.807, 2.05) is 5.38 Å². The Labute approximate surface area is 157 Å². The quantitative estimate of drug-likeness (QED) is 0.641. The molecule has 3 N–H and O–H groups in total. The molecule has 130 valence electrons. The highest BCUT2D eigenvalue weighted by atomic mass is 32.2. The van der Waals surface area contributed by atoms with E-state index in [0.29, 0.717) is 14.6 Å². The standard InChI is InChI=1S/C16H17N5OS3/c1-8-4-10(3)11(5-9(8)2)12-6-23-15(18-12)19-13(22)7-24-16-21-20-14(17)25-16/h4-6H,7H2,1-3H3,(H2,17,20)(H,18,19,22). The zero-order valence-corrected chi connectivity index (χ0v) is 16.4. The SMILES string of the molecule is Cc1cc(C)c(-c2csc(NC(=O)CSc3nnc(N)s3)n2)cc1C. The molecule has 0 radical (unpaired) electrons. The van der Waals surface area contributed by atoms with Gasteiger partial charge in [-0.1, -0.05) is 29.2 Å². The fraction of sp³-hybridized carbons (Fsp3) is 0.250. The van der Waals surface area contributed by atoms with Crippen LogP contribution in [0.1, 0.15) is 16.7 Å². The van der Waals surface area contributed by atoms with Gasteiger partial charge in [0, 0.05) is 10.9 Å². The third kappa shape index (κ3) is 4.36. The van der Waals surface area contributed by atoms with Gasteiger partial charge >= 0.3 is 0 Å². The highest BCUT2D eigenvalue weighted by Crippen LogP contribution is 2.30. The molecule has 0 fully saturated rings. The lowest BCUT2D eigenvalue weighted by molar-refractivity contribution is -0.113. The number of thiazole rings is 1. The van der Waals surface area contributed by atoms with Crippen LogP contribution in [-0.2, 0) is 4.79 Å².